The summed E-state index contributed by atoms with van der Waals surface area (Å²) >= 11 is 0. The fraction of sp³-hybridized carbons (Fsp3) is 0.250. The van der Waals surface area contributed by atoms with E-state index in [1.165, 1.54) is 12.4 Å². The molecule has 0 radical (unpaired) electrons. The monoisotopic (exact) mass is 355 g/mol. The largest absolute Gasteiger partial charge is 0.483 e. The number of hydrogen-bond acceptors (Lipinski definition) is 6. The topological polar surface area (TPSA) is 130 Å². The van der Waals surface area contributed by atoms with Crippen LogP contribution in [-0.4, -0.2) is 58.9 Å². The predicted octanol–water partition coefficient (Wildman–Crippen LogP) is 0.422. The van der Waals surface area contributed by atoms with Gasteiger partial charge in [-0.3, -0.25) is 14.3 Å². The van der Waals surface area contributed by atoms with E-state index in [4.69, 9.17) is 9.90 Å². The Bertz CT molecular complexity index is 890. The zero-order valence-corrected chi connectivity index (χ0v) is 14.0. The van der Waals surface area contributed by atoms with Gasteiger partial charge in [0.1, 0.15) is 0 Å². The van der Waals surface area contributed by atoms with Crippen LogP contribution in [0.25, 0.3) is 0 Å². The van der Waals surface area contributed by atoms with E-state index >= 15 is 0 Å². The van der Waals surface area contributed by atoms with Gasteiger partial charge in [0.05, 0.1) is 48.4 Å². The van der Waals surface area contributed by atoms with Gasteiger partial charge in [0.2, 0.25) is 0 Å². The molecule has 4 rings (SSSR count). The lowest BCUT2D eigenvalue weighted by Crippen LogP contribution is -2.38. The summed E-state index contributed by atoms with van der Waals surface area (Å²) in [6.45, 7) is 0.817. The Kier molecular flexibility index (Phi) is 5.02. The van der Waals surface area contributed by atoms with Gasteiger partial charge in [0.15, 0.2) is 0 Å². The molecule has 3 aromatic heterocycles. The van der Waals surface area contributed by atoms with Gasteiger partial charge in [-0.1, -0.05) is 0 Å². The first kappa shape index (κ1) is 17.3. The zero-order valence-electron chi connectivity index (χ0n) is 14.0. The van der Waals surface area contributed by atoms with Crippen molar-refractivity contribution in [1.82, 2.24) is 34.8 Å². The van der Waals surface area contributed by atoms with Crippen LogP contribution in [0.2, 0.25) is 0 Å². The molecule has 0 saturated heterocycles. The second-order valence-corrected chi connectivity index (χ2v) is 5.69. The van der Waals surface area contributed by atoms with Crippen LogP contribution in [0.3, 0.4) is 0 Å². The van der Waals surface area contributed by atoms with Gasteiger partial charge in [0.25, 0.3) is 12.4 Å². The van der Waals surface area contributed by atoms with Gasteiger partial charge in [-0.2, -0.15) is 15.3 Å². The average molecular weight is 355 g/mol. The van der Waals surface area contributed by atoms with Crippen molar-refractivity contribution < 1.29 is 14.7 Å². The molecule has 0 fully saturated rings. The summed E-state index contributed by atoms with van der Waals surface area (Å²) in [6.07, 6.45) is 8.48. The van der Waals surface area contributed by atoms with Crippen LogP contribution in [0, 0.1) is 0 Å². The quantitative estimate of drug-likeness (QED) is 0.637. The Hall–Kier alpha value is -3.56. The number of imidazole rings is 1. The minimum Gasteiger partial charge on any atom is -0.483 e. The minimum atomic E-state index is -0.250. The van der Waals surface area contributed by atoms with E-state index in [-0.39, 0.29) is 18.3 Å². The highest BCUT2D eigenvalue weighted by Gasteiger charge is 2.32. The zero-order chi connectivity index (χ0) is 18.5. The maximum Gasteiger partial charge on any atom is 0.290 e. The maximum absolute atomic E-state index is 12.7. The van der Waals surface area contributed by atoms with Gasteiger partial charge in [-0.25, -0.2) is 4.98 Å². The third kappa shape index (κ3) is 3.43. The van der Waals surface area contributed by atoms with Crippen molar-refractivity contribution >= 4 is 12.4 Å². The molecule has 2 N–H and O–H groups in total. The number of amides is 1. The molecular weight excluding hydrogens is 338 g/mol. The number of aromatic amines is 1. The third-order valence-electron chi connectivity index (χ3n) is 4.08. The van der Waals surface area contributed by atoms with Crippen LogP contribution in [0.1, 0.15) is 33.2 Å². The normalized spacial score (nSPS) is 15.6. The van der Waals surface area contributed by atoms with Crippen molar-refractivity contribution in [3.05, 3.63) is 59.7 Å². The van der Waals surface area contributed by atoms with Gasteiger partial charge < -0.3 is 15.0 Å². The lowest BCUT2D eigenvalue weighted by molar-refractivity contribution is -0.122. The van der Waals surface area contributed by atoms with E-state index in [0.717, 1.165) is 17.0 Å². The summed E-state index contributed by atoms with van der Waals surface area (Å²) in [7, 11) is 1.88. The number of carbonyl (C=O) groups is 2. The fourth-order valence-electron chi connectivity index (χ4n) is 2.96. The first-order valence-electron chi connectivity index (χ1n) is 7.78. The highest BCUT2D eigenvalue weighted by atomic mass is 16.3. The van der Waals surface area contributed by atoms with Crippen molar-refractivity contribution in [2.75, 3.05) is 6.54 Å². The average Bonchev–Trinajstić information content (AvgIpc) is 3.30. The first-order valence-corrected chi connectivity index (χ1v) is 7.78. The van der Waals surface area contributed by atoms with Crippen molar-refractivity contribution in [2.24, 2.45) is 7.05 Å². The summed E-state index contributed by atoms with van der Waals surface area (Å²) in [5.41, 5.74) is 3.52. The highest BCUT2D eigenvalue weighted by Crippen LogP contribution is 2.31. The molecule has 1 unspecified atom stereocenters. The molecule has 26 heavy (non-hydrogen) atoms. The molecule has 3 aromatic rings. The molecule has 4 heterocycles. The number of aromatic nitrogens is 6. The Labute approximate surface area is 148 Å². The fourth-order valence-corrected chi connectivity index (χ4v) is 2.96. The number of aryl methyl sites for hydroxylation is 1. The van der Waals surface area contributed by atoms with Gasteiger partial charge in [-0.05, 0) is 6.07 Å². The second-order valence-electron chi connectivity index (χ2n) is 5.69. The van der Waals surface area contributed by atoms with Gasteiger partial charge >= 0.3 is 0 Å². The molecule has 1 atom stereocenters. The summed E-state index contributed by atoms with van der Waals surface area (Å²) in [4.78, 5) is 30.5. The molecule has 1 aliphatic rings. The number of H-pyrrole nitrogens is 1. The summed E-state index contributed by atoms with van der Waals surface area (Å²) in [6, 6.07) is 1.68. The molecule has 0 bridgehead atoms. The van der Waals surface area contributed by atoms with Crippen LogP contribution in [0.5, 0.6) is 0 Å². The van der Waals surface area contributed by atoms with Crippen molar-refractivity contribution in [3.63, 3.8) is 0 Å². The molecule has 0 saturated carbocycles. The van der Waals surface area contributed by atoms with Crippen LogP contribution < -0.4 is 0 Å². The second kappa shape index (κ2) is 7.55. The summed E-state index contributed by atoms with van der Waals surface area (Å²) in [5, 5.41) is 18.6. The van der Waals surface area contributed by atoms with E-state index in [9.17, 15) is 4.79 Å². The van der Waals surface area contributed by atoms with E-state index in [0.29, 0.717) is 18.7 Å². The molecule has 10 heteroatoms. The van der Waals surface area contributed by atoms with Crippen LogP contribution in [0.15, 0.2) is 37.2 Å². The first-order chi connectivity index (χ1) is 12.6. The molecule has 0 spiro atoms. The Balaban J connectivity index is 0.000000613. The van der Waals surface area contributed by atoms with E-state index in [1.54, 1.807) is 22.0 Å². The molecule has 1 amide bonds. The number of rotatable bonds is 2. The van der Waals surface area contributed by atoms with Crippen molar-refractivity contribution in [2.45, 2.75) is 12.5 Å². The van der Waals surface area contributed by atoms with E-state index in [1.807, 2.05) is 19.4 Å². The summed E-state index contributed by atoms with van der Waals surface area (Å²) < 4.78 is 1.76. The number of fused-ring (bicyclic) bond motifs is 1. The number of nitrogens with zero attached hydrogens (tertiary/aromatic N) is 6. The minimum absolute atomic E-state index is 0.0115. The molecule has 0 aliphatic carbocycles. The standard InChI is InChI=1S/C15H15N7O.CH2O2/c1-21-6-11(5-20-21)12-7-22(8-13-14(12)17-9-16-13)15(23)10-2-3-18-19-4-10;2-1-3/h2-6,9,12H,7-8H2,1H3,(H,16,17);1H,(H,2,3). The molecule has 1 aliphatic heterocycles. The van der Waals surface area contributed by atoms with Crippen molar-refractivity contribution in [3.8, 4) is 0 Å². The molecule has 10 nitrogen and oxygen atoms in total. The van der Waals surface area contributed by atoms with Crippen LogP contribution in [-0.2, 0) is 18.4 Å². The maximum atomic E-state index is 12.7. The third-order valence-corrected chi connectivity index (χ3v) is 4.08. The highest BCUT2D eigenvalue weighted by molar-refractivity contribution is 5.94. The van der Waals surface area contributed by atoms with E-state index in [2.05, 4.69) is 25.3 Å². The van der Waals surface area contributed by atoms with Crippen LogP contribution in [0.4, 0.5) is 0 Å². The van der Waals surface area contributed by atoms with Crippen molar-refractivity contribution in [1.29, 1.82) is 0 Å². The van der Waals surface area contributed by atoms with Gasteiger partial charge in [-0.15, -0.1) is 0 Å². The number of hydrogen-bond donors (Lipinski definition) is 2. The SMILES string of the molecule is Cn1cc(C2CN(C(=O)c3ccnnc3)Cc3[nH]cnc32)cn1.O=CO. The van der Waals surface area contributed by atoms with E-state index < -0.39 is 0 Å². The molecular formula is C16H17N7O3. The number of carbonyl (C=O) groups excluding carboxylic acids is 1. The molecule has 134 valence electrons. The predicted molar refractivity (Wildman–Crippen MR) is 89.1 cm³/mol. The smallest absolute Gasteiger partial charge is 0.290 e. The summed E-state index contributed by atoms with van der Waals surface area (Å²) in [5.74, 6) is -0.0495. The Morgan fingerprint density at radius 3 is 2.85 bits per heavy atom. The lowest BCUT2D eigenvalue weighted by atomic mass is 9.93. The Morgan fingerprint density at radius 2 is 2.19 bits per heavy atom. The van der Waals surface area contributed by atoms with Crippen LogP contribution >= 0.6 is 0 Å². The number of nitrogens with one attached hydrogen (secondary N) is 1. The molecule has 0 aromatic carbocycles. The number of carboxylic acid groups (broad SMARTS) is 1. The Morgan fingerprint density at radius 1 is 1.38 bits per heavy atom. The lowest BCUT2D eigenvalue weighted by Gasteiger charge is -2.31. The van der Waals surface area contributed by atoms with Gasteiger partial charge in [0, 0.05) is 31.3 Å².